The van der Waals surface area contributed by atoms with Gasteiger partial charge < -0.3 is 0 Å². The summed E-state index contributed by atoms with van der Waals surface area (Å²) in [6.45, 7) is 2.19. The lowest BCUT2D eigenvalue weighted by Crippen LogP contribution is -2.09. The highest BCUT2D eigenvalue weighted by atomic mass is 79.9. The minimum Gasteiger partial charge on any atom is -0.281 e. The first kappa shape index (κ1) is 9.85. The SMILES string of the molecule is CCc1csc2nc(C3CCC3)c(Br)n12. The molecule has 0 aliphatic heterocycles. The Morgan fingerprint density at radius 1 is 1.60 bits per heavy atom. The van der Waals surface area contributed by atoms with E-state index in [2.05, 4.69) is 32.6 Å². The molecule has 1 aliphatic rings. The molecular weight excluding hydrogens is 272 g/mol. The van der Waals surface area contributed by atoms with Gasteiger partial charge in [-0.2, -0.15) is 0 Å². The third kappa shape index (κ3) is 1.38. The summed E-state index contributed by atoms with van der Waals surface area (Å²) in [4.78, 5) is 5.88. The van der Waals surface area contributed by atoms with E-state index in [-0.39, 0.29) is 0 Å². The standard InChI is InChI=1S/C11H13BrN2S/c1-2-8-6-15-11-13-9(7-4-3-5-7)10(12)14(8)11/h6-7H,2-5H2,1H3. The Hall–Kier alpha value is -0.350. The minimum atomic E-state index is 0.705. The monoisotopic (exact) mass is 284 g/mol. The highest BCUT2D eigenvalue weighted by molar-refractivity contribution is 9.10. The smallest absolute Gasteiger partial charge is 0.195 e. The van der Waals surface area contributed by atoms with E-state index in [0.29, 0.717) is 5.92 Å². The normalized spacial score (nSPS) is 17.2. The summed E-state index contributed by atoms with van der Waals surface area (Å²) in [6.07, 6.45) is 5.05. The van der Waals surface area contributed by atoms with Gasteiger partial charge in [-0.15, -0.1) is 11.3 Å². The Bertz CT molecular complexity index is 496. The summed E-state index contributed by atoms with van der Waals surface area (Å²) in [6, 6.07) is 0. The maximum atomic E-state index is 4.74. The summed E-state index contributed by atoms with van der Waals surface area (Å²) < 4.78 is 3.46. The van der Waals surface area contributed by atoms with Crippen LogP contribution in [0.15, 0.2) is 9.98 Å². The molecule has 0 saturated heterocycles. The number of aromatic nitrogens is 2. The van der Waals surface area contributed by atoms with Crippen LogP contribution in [0.3, 0.4) is 0 Å². The Morgan fingerprint density at radius 2 is 2.40 bits per heavy atom. The van der Waals surface area contributed by atoms with Crippen molar-refractivity contribution in [1.29, 1.82) is 0 Å². The van der Waals surface area contributed by atoms with Crippen LogP contribution in [-0.2, 0) is 6.42 Å². The number of aryl methyl sites for hydroxylation is 1. The van der Waals surface area contributed by atoms with E-state index < -0.39 is 0 Å². The fourth-order valence-electron chi connectivity index (χ4n) is 2.08. The van der Waals surface area contributed by atoms with E-state index in [4.69, 9.17) is 4.98 Å². The molecule has 0 N–H and O–H groups in total. The van der Waals surface area contributed by atoms with E-state index in [9.17, 15) is 0 Å². The van der Waals surface area contributed by atoms with Gasteiger partial charge in [0.2, 0.25) is 0 Å². The Balaban J connectivity index is 2.16. The van der Waals surface area contributed by atoms with E-state index in [1.807, 2.05) is 0 Å². The van der Waals surface area contributed by atoms with Crippen LogP contribution in [0, 0.1) is 0 Å². The fraction of sp³-hybridized carbons (Fsp3) is 0.545. The van der Waals surface area contributed by atoms with Gasteiger partial charge in [-0.05, 0) is 35.2 Å². The number of nitrogens with zero attached hydrogens (tertiary/aromatic N) is 2. The molecule has 0 spiro atoms. The molecule has 0 amide bonds. The average molecular weight is 285 g/mol. The highest BCUT2D eigenvalue weighted by Crippen LogP contribution is 2.40. The molecule has 1 aliphatic carbocycles. The van der Waals surface area contributed by atoms with Crippen LogP contribution in [0.4, 0.5) is 0 Å². The van der Waals surface area contributed by atoms with Crippen molar-refractivity contribution in [2.45, 2.75) is 38.5 Å². The first-order valence-electron chi connectivity index (χ1n) is 5.45. The molecule has 2 aromatic rings. The molecule has 15 heavy (non-hydrogen) atoms. The molecule has 1 fully saturated rings. The molecule has 80 valence electrons. The van der Waals surface area contributed by atoms with Crippen molar-refractivity contribution >= 4 is 32.2 Å². The zero-order valence-electron chi connectivity index (χ0n) is 8.66. The quantitative estimate of drug-likeness (QED) is 0.815. The lowest BCUT2D eigenvalue weighted by atomic mass is 9.83. The average Bonchev–Trinajstić information content (AvgIpc) is 2.66. The second-order valence-corrected chi connectivity index (χ2v) is 5.70. The number of imidazole rings is 1. The van der Waals surface area contributed by atoms with Gasteiger partial charge in [0.25, 0.3) is 0 Å². The van der Waals surface area contributed by atoms with Gasteiger partial charge >= 0.3 is 0 Å². The van der Waals surface area contributed by atoms with Gasteiger partial charge in [-0.3, -0.25) is 4.40 Å². The van der Waals surface area contributed by atoms with Gasteiger partial charge in [0.1, 0.15) is 4.60 Å². The number of halogens is 1. The van der Waals surface area contributed by atoms with Crippen LogP contribution in [-0.4, -0.2) is 9.38 Å². The van der Waals surface area contributed by atoms with Gasteiger partial charge in [0, 0.05) is 17.0 Å². The van der Waals surface area contributed by atoms with Crippen molar-refractivity contribution in [3.63, 3.8) is 0 Å². The Labute approximate surface area is 101 Å². The van der Waals surface area contributed by atoms with Crippen molar-refractivity contribution < 1.29 is 0 Å². The summed E-state index contributed by atoms with van der Waals surface area (Å²) >= 11 is 5.45. The second kappa shape index (κ2) is 3.59. The number of hydrogen-bond acceptors (Lipinski definition) is 2. The maximum Gasteiger partial charge on any atom is 0.195 e. The predicted octanol–water partition coefficient (Wildman–Crippen LogP) is 3.99. The van der Waals surface area contributed by atoms with Crippen molar-refractivity contribution in [3.8, 4) is 0 Å². The van der Waals surface area contributed by atoms with Crippen LogP contribution in [0.25, 0.3) is 4.96 Å². The van der Waals surface area contributed by atoms with Crippen LogP contribution < -0.4 is 0 Å². The van der Waals surface area contributed by atoms with Crippen LogP contribution >= 0.6 is 27.3 Å². The maximum absolute atomic E-state index is 4.74. The van der Waals surface area contributed by atoms with Crippen LogP contribution in [0.1, 0.15) is 43.5 Å². The Morgan fingerprint density at radius 3 is 3.00 bits per heavy atom. The van der Waals surface area contributed by atoms with Crippen molar-refractivity contribution in [3.05, 3.63) is 21.4 Å². The summed E-state index contributed by atoms with van der Waals surface area (Å²) in [5.41, 5.74) is 2.64. The van der Waals surface area contributed by atoms with Gasteiger partial charge in [-0.25, -0.2) is 4.98 Å². The fourth-order valence-corrected chi connectivity index (χ4v) is 3.99. The van der Waals surface area contributed by atoms with E-state index in [1.165, 1.54) is 35.3 Å². The molecule has 0 radical (unpaired) electrons. The molecule has 3 rings (SSSR count). The molecule has 2 nitrogen and oxygen atoms in total. The number of rotatable bonds is 2. The minimum absolute atomic E-state index is 0.705. The molecule has 0 aromatic carbocycles. The van der Waals surface area contributed by atoms with Gasteiger partial charge in [0.05, 0.1) is 5.69 Å². The molecule has 0 atom stereocenters. The van der Waals surface area contributed by atoms with Gasteiger partial charge in [-0.1, -0.05) is 13.3 Å². The third-order valence-corrected chi connectivity index (χ3v) is 4.89. The van der Waals surface area contributed by atoms with Gasteiger partial charge in [0.15, 0.2) is 4.96 Å². The third-order valence-electron chi connectivity index (χ3n) is 3.26. The zero-order chi connectivity index (χ0) is 10.4. The molecule has 2 aromatic heterocycles. The molecular formula is C11H13BrN2S. The van der Waals surface area contributed by atoms with E-state index >= 15 is 0 Å². The number of thiazole rings is 1. The highest BCUT2D eigenvalue weighted by Gasteiger charge is 2.26. The molecule has 0 bridgehead atoms. The number of hydrogen-bond donors (Lipinski definition) is 0. The summed E-state index contributed by atoms with van der Waals surface area (Å²) in [7, 11) is 0. The topological polar surface area (TPSA) is 17.3 Å². The lowest BCUT2D eigenvalue weighted by Gasteiger charge is -2.23. The van der Waals surface area contributed by atoms with E-state index in [0.717, 1.165) is 11.4 Å². The zero-order valence-corrected chi connectivity index (χ0v) is 11.1. The summed E-state index contributed by atoms with van der Waals surface area (Å²) in [5, 5.41) is 2.21. The van der Waals surface area contributed by atoms with Crippen molar-refractivity contribution in [1.82, 2.24) is 9.38 Å². The largest absolute Gasteiger partial charge is 0.281 e. The Kier molecular flexibility index (Phi) is 2.36. The lowest BCUT2D eigenvalue weighted by molar-refractivity contribution is 0.411. The molecule has 1 saturated carbocycles. The second-order valence-electron chi connectivity index (χ2n) is 4.11. The molecule has 2 heterocycles. The van der Waals surface area contributed by atoms with E-state index in [1.54, 1.807) is 11.3 Å². The van der Waals surface area contributed by atoms with Crippen LogP contribution in [0.5, 0.6) is 0 Å². The van der Waals surface area contributed by atoms with Crippen molar-refractivity contribution in [2.75, 3.05) is 0 Å². The number of fused-ring (bicyclic) bond motifs is 1. The van der Waals surface area contributed by atoms with Crippen LogP contribution in [0.2, 0.25) is 0 Å². The summed E-state index contributed by atoms with van der Waals surface area (Å²) in [5.74, 6) is 0.705. The van der Waals surface area contributed by atoms with Crippen molar-refractivity contribution in [2.24, 2.45) is 0 Å². The first-order valence-corrected chi connectivity index (χ1v) is 7.12. The first-order chi connectivity index (χ1) is 7.31. The molecule has 4 heteroatoms. The predicted molar refractivity (Wildman–Crippen MR) is 66.7 cm³/mol. The molecule has 0 unspecified atom stereocenters.